The molecule has 0 atom stereocenters. The van der Waals surface area contributed by atoms with E-state index in [0.29, 0.717) is 32.8 Å². The first-order valence-corrected chi connectivity index (χ1v) is 10.1. The molecule has 0 spiro atoms. The minimum absolute atomic E-state index is 0.223. The van der Waals surface area contributed by atoms with Gasteiger partial charge in [0.1, 0.15) is 17.4 Å². The van der Waals surface area contributed by atoms with Gasteiger partial charge in [0, 0.05) is 39.6 Å². The van der Waals surface area contributed by atoms with Crippen molar-refractivity contribution in [1.29, 1.82) is 0 Å². The highest BCUT2D eigenvalue weighted by molar-refractivity contribution is 7.11. The molecule has 150 valence electrons. The summed E-state index contributed by atoms with van der Waals surface area (Å²) in [6, 6.07) is 11.9. The molecule has 0 amide bonds. The van der Waals surface area contributed by atoms with E-state index in [2.05, 4.69) is 9.97 Å². The third-order valence-electron chi connectivity index (χ3n) is 4.27. The Morgan fingerprint density at radius 2 is 1.87 bits per heavy atom. The van der Waals surface area contributed by atoms with Crippen LogP contribution in [0.2, 0.25) is 5.02 Å². The van der Waals surface area contributed by atoms with Gasteiger partial charge in [0.2, 0.25) is 0 Å². The Balaban J connectivity index is 1.54. The van der Waals surface area contributed by atoms with Crippen LogP contribution in [0.1, 0.15) is 16.1 Å². The van der Waals surface area contributed by atoms with E-state index in [1.54, 1.807) is 42.7 Å². The van der Waals surface area contributed by atoms with Crippen molar-refractivity contribution >= 4 is 28.7 Å². The summed E-state index contributed by atoms with van der Waals surface area (Å²) in [5.74, 6) is -1.89. The molecule has 4 nitrogen and oxygen atoms in total. The van der Waals surface area contributed by atoms with Crippen LogP contribution in [0.15, 0.2) is 66.3 Å². The smallest absolute Gasteiger partial charge is 0.278 e. The molecule has 0 aliphatic carbocycles. The fraction of sp³-hybridized carbons (Fsp3) is 0.0455. The maximum Gasteiger partial charge on any atom is 0.278 e. The van der Waals surface area contributed by atoms with E-state index in [0.717, 1.165) is 12.1 Å². The van der Waals surface area contributed by atoms with Gasteiger partial charge in [-0.25, -0.2) is 13.8 Å². The Bertz CT molecular complexity index is 1180. The number of pyridine rings is 1. The Kier molecular flexibility index (Phi) is 5.83. The van der Waals surface area contributed by atoms with E-state index < -0.39 is 23.0 Å². The summed E-state index contributed by atoms with van der Waals surface area (Å²) >= 11 is 7.69. The maximum atomic E-state index is 13.8. The number of hydrogen-bond acceptors (Lipinski definition) is 5. The summed E-state index contributed by atoms with van der Waals surface area (Å²) < 4.78 is 33.3. The Hall–Kier alpha value is -3.16. The van der Waals surface area contributed by atoms with Crippen molar-refractivity contribution in [3.63, 3.8) is 0 Å². The zero-order chi connectivity index (χ0) is 21.1. The van der Waals surface area contributed by atoms with Gasteiger partial charge in [0.15, 0.2) is 5.78 Å². The maximum absolute atomic E-state index is 13.8. The molecule has 0 saturated heterocycles. The van der Waals surface area contributed by atoms with Crippen molar-refractivity contribution in [2.24, 2.45) is 0 Å². The highest BCUT2D eigenvalue weighted by atomic mass is 35.5. The van der Waals surface area contributed by atoms with E-state index in [4.69, 9.17) is 16.3 Å². The van der Waals surface area contributed by atoms with E-state index in [-0.39, 0.29) is 6.42 Å². The summed E-state index contributed by atoms with van der Waals surface area (Å²) in [5, 5.41) is 2.82. The van der Waals surface area contributed by atoms with Gasteiger partial charge in [-0.1, -0.05) is 35.1 Å². The number of nitrogens with zero attached hydrogens (tertiary/aromatic N) is 2. The monoisotopic (exact) mass is 442 g/mol. The number of ketones is 1. The van der Waals surface area contributed by atoms with Crippen molar-refractivity contribution in [2.75, 3.05) is 0 Å². The third kappa shape index (κ3) is 4.37. The molecule has 0 radical (unpaired) electrons. The number of aromatic nitrogens is 2. The average molecular weight is 443 g/mol. The van der Waals surface area contributed by atoms with Gasteiger partial charge in [-0.15, -0.1) is 0 Å². The van der Waals surface area contributed by atoms with Crippen molar-refractivity contribution < 1.29 is 18.3 Å². The molecule has 2 aromatic heterocycles. The number of ether oxygens (including phenoxy) is 1. The predicted molar refractivity (Wildman–Crippen MR) is 111 cm³/mol. The average Bonchev–Trinajstić information content (AvgIpc) is 3.23. The van der Waals surface area contributed by atoms with Crippen LogP contribution < -0.4 is 4.74 Å². The molecule has 0 fully saturated rings. The number of halogens is 3. The Labute approximate surface area is 179 Å². The molecule has 0 saturated carbocycles. The van der Waals surface area contributed by atoms with E-state index in [1.807, 2.05) is 5.38 Å². The van der Waals surface area contributed by atoms with Crippen molar-refractivity contribution in [3.05, 3.63) is 94.2 Å². The molecule has 8 heteroatoms. The van der Waals surface area contributed by atoms with E-state index >= 15 is 0 Å². The molecule has 30 heavy (non-hydrogen) atoms. The quantitative estimate of drug-likeness (QED) is 0.326. The zero-order valence-corrected chi connectivity index (χ0v) is 16.9. The fourth-order valence-electron chi connectivity index (χ4n) is 2.86. The van der Waals surface area contributed by atoms with Gasteiger partial charge in [-0.3, -0.25) is 9.78 Å². The largest absolute Gasteiger partial charge is 0.431 e. The number of Topliss-reactive ketones (excluding diaryl/α,β-unsaturated/α-hetero) is 1. The molecule has 4 aromatic rings. The lowest BCUT2D eigenvalue weighted by atomic mass is 10.0. The van der Waals surface area contributed by atoms with Gasteiger partial charge in [0.25, 0.3) is 5.19 Å². The van der Waals surface area contributed by atoms with Gasteiger partial charge in [-0.2, -0.15) is 0 Å². The lowest BCUT2D eigenvalue weighted by Crippen LogP contribution is -2.10. The van der Waals surface area contributed by atoms with Gasteiger partial charge >= 0.3 is 0 Å². The van der Waals surface area contributed by atoms with E-state index in [1.165, 1.54) is 17.4 Å². The highest BCUT2D eigenvalue weighted by Crippen LogP contribution is 2.33. The molecule has 0 aliphatic rings. The minimum Gasteiger partial charge on any atom is -0.431 e. The number of hydrogen-bond donors (Lipinski definition) is 0. The van der Waals surface area contributed by atoms with Crippen LogP contribution >= 0.6 is 22.9 Å². The molecular formula is C22H13ClF2N2O2S. The summed E-state index contributed by atoms with van der Waals surface area (Å²) in [5.41, 5.74) is 1.23. The molecule has 0 bridgehead atoms. The van der Waals surface area contributed by atoms with Crippen molar-refractivity contribution in [1.82, 2.24) is 9.97 Å². The first kappa shape index (κ1) is 20.1. The molecule has 4 rings (SSSR count). The SMILES string of the molecule is O=C(Cc1ccc(-c2cc(Oc3nccs3)ccc2Cl)cn1)c1c(F)cccc1F. The molecule has 2 heterocycles. The van der Waals surface area contributed by atoms with Crippen LogP contribution in [-0.4, -0.2) is 15.8 Å². The number of benzene rings is 2. The topological polar surface area (TPSA) is 52.1 Å². The third-order valence-corrected chi connectivity index (χ3v) is 5.25. The minimum atomic E-state index is -0.888. The first-order valence-electron chi connectivity index (χ1n) is 8.80. The van der Waals surface area contributed by atoms with E-state index in [9.17, 15) is 13.6 Å². The second-order valence-electron chi connectivity index (χ2n) is 6.28. The van der Waals surface area contributed by atoms with Crippen LogP contribution in [0.4, 0.5) is 8.78 Å². The standard InChI is InChI=1S/C22H13ClF2N2O2S/c23-17-7-6-15(29-22-26-8-9-30-22)11-16(17)13-4-5-14(27-12-13)10-20(28)21-18(24)2-1-3-19(21)25/h1-9,11-12H,10H2. The summed E-state index contributed by atoms with van der Waals surface area (Å²) in [6.45, 7) is 0. The molecule has 0 aliphatic heterocycles. The Morgan fingerprint density at radius 3 is 2.53 bits per heavy atom. The number of thiazole rings is 1. The lowest BCUT2D eigenvalue weighted by Gasteiger charge is -2.09. The predicted octanol–water partition coefficient (Wildman–Crippen LogP) is 6.35. The second-order valence-corrected chi connectivity index (χ2v) is 7.54. The van der Waals surface area contributed by atoms with Crippen molar-refractivity contribution in [2.45, 2.75) is 6.42 Å². The summed E-state index contributed by atoms with van der Waals surface area (Å²) in [4.78, 5) is 20.6. The highest BCUT2D eigenvalue weighted by Gasteiger charge is 2.18. The number of carbonyl (C=O) groups excluding carboxylic acids is 1. The number of rotatable bonds is 6. The summed E-state index contributed by atoms with van der Waals surface area (Å²) in [7, 11) is 0. The van der Waals surface area contributed by atoms with Crippen LogP contribution in [0.5, 0.6) is 10.9 Å². The molecule has 0 N–H and O–H groups in total. The summed E-state index contributed by atoms with van der Waals surface area (Å²) in [6.07, 6.45) is 2.97. The van der Waals surface area contributed by atoms with Crippen LogP contribution in [0, 0.1) is 11.6 Å². The zero-order valence-electron chi connectivity index (χ0n) is 15.3. The van der Waals surface area contributed by atoms with Crippen molar-refractivity contribution in [3.8, 4) is 22.1 Å². The molecule has 0 unspecified atom stereocenters. The molecular weight excluding hydrogens is 430 g/mol. The first-order chi connectivity index (χ1) is 14.5. The van der Waals surface area contributed by atoms with Crippen LogP contribution in [-0.2, 0) is 6.42 Å². The lowest BCUT2D eigenvalue weighted by molar-refractivity contribution is 0.0984. The second kappa shape index (κ2) is 8.69. The Morgan fingerprint density at radius 1 is 1.07 bits per heavy atom. The van der Waals surface area contributed by atoms with Crippen LogP contribution in [0.25, 0.3) is 11.1 Å². The fourth-order valence-corrected chi connectivity index (χ4v) is 3.59. The number of carbonyl (C=O) groups is 1. The van der Waals surface area contributed by atoms with Gasteiger partial charge in [-0.05, 0) is 36.4 Å². The normalized spacial score (nSPS) is 10.8. The van der Waals surface area contributed by atoms with Gasteiger partial charge in [0.05, 0.1) is 12.0 Å². The van der Waals surface area contributed by atoms with Gasteiger partial charge < -0.3 is 4.74 Å². The van der Waals surface area contributed by atoms with Crippen LogP contribution in [0.3, 0.4) is 0 Å². The molecule has 2 aromatic carbocycles.